The maximum absolute atomic E-state index is 14.1. The Balaban J connectivity index is 1.20. The fourth-order valence-corrected chi connectivity index (χ4v) is 6.72. The Hall–Kier alpha value is -4.19. The number of nitriles is 1. The summed E-state index contributed by atoms with van der Waals surface area (Å²) in [6, 6.07) is 11.6. The van der Waals surface area contributed by atoms with Crippen molar-refractivity contribution in [2.75, 3.05) is 13.1 Å². The van der Waals surface area contributed by atoms with E-state index in [1.54, 1.807) is 40.2 Å². The third-order valence-electron chi connectivity index (χ3n) is 8.64. The van der Waals surface area contributed by atoms with Gasteiger partial charge in [0.05, 0.1) is 24.4 Å². The molecule has 0 radical (unpaired) electrons. The highest BCUT2D eigenvalue weighted by molar-refractivity contribution is 5.94. The van der Waals surface area contributed by atoms with Crippen LogP contribution in [0.2, 0.25) is 0 Å². The molecule has 0 unspecified atom stereocenters. The van der Waals surface area contributed by atoms with Crippen LogP contribution in [0.25, 0.3) is 0 Å². The van der Waals surface area contributed by atoms with Crippen molar-refractivity contribution in [1.29, 1.82) is 5.26 Å². The van der Waals surface area contributed by atoms with Crippen LogP contribution >= 0.6 is 0 Å². The summed E-state index contributed by atoms with van der Waals surface area (Å²) in [5.41, 5.74) is 2.70. The molecule has 3 aliphatic rings. The van der Waals surface area contributed by atoms with Crippen LogP contribution < -0.4 is 0 Å². The first-order valence-electron chi connectivity index (χ1n) is 13.5. The van der Waals surface area contributed by atoms with E-state index in [9.17, 15) is 19.1 Å². The fourth-order valence-electron chi connectivity index (χ4n) is 6.72. The van der Waals surface area contributed by atoms with E-state index in [-0.39, 0.29) is 35.6 Å². The second-order valence-electron chi connectivity index (χ2n) is 10.8. The SMILES string of the molecule is N#Cc1ccc(Cn2cncc2CC(=O)N2CCC[C@]23CCN([C@@H]2CCCc4ccc(O)cc42)C3=O)cc1F. The highest BCUT2D eigenvalue weighted by atomic mass is 19.1. The van der Waals surface area contributed by atoms with E-state index in [2.05, 4.69) is 4.98 Å². The van der Waals surface area contributed by atoms with Gasteiger partial charge in [0.15, 0.2) is 0 Å². The topological polar surface area (TPSA) is 102 Å². The predicted molar refractivity (Wildman–Crippen MR) is 140 cm³/mol. The molecule has 2 aliphatic heterocycles. The average molecular weight is 528 g/mol. The normalized spacial score (nSPS) is 22.4. The van der Waals surface area contributed by atoms with E-state index in [4.69, 9.17) is 5.26 Å². The van der Waals surface area contributed by atoms with Gasteiger partial charge in [0, 0.05) is 31.5 Å². The molecule has 39 heavy (non-hydrogen) atoms. The van der Waals surface area contributed by atoms with Crippen LogP contribution in [0.15, 0.2) is 48.9 Å². The minimum Gasteiger partial charge on any atom is -0.508 e. The summed E-state index contributed by atoms with van der Waals surface area (Å²) in [6.07, 6.45) is 8.13. The van der Waals surface area contributed by atoms with Gasteiger partial charge in [0.2, 0.25) is 11.8 Å². The highest BCUT2D eigenvalue weighted by Crippen LogP contribution is 2.45. The molecular weight excluding hydrogens is 497 g/mol. The van der Waals surface area contributed by atoms with Crippen molar-refractivity contribution in [1.82, 2.24) is 19.4 Å². The summed E-state index contributed by atoms with van der Waals surface area (Å²) in [4.78, 5) is 35.6. The molecule has 2 fully saturated rings. The minimum absolute atomic E-state index is 0.0103. The van der Waals surface area contributed by atoms with Crippen LogP contribution in [0.3, 0.4) is 0 Å². The standard InChI is InChI=1S/C30H30FN5O3/c31-26-13-20(5-6-22(26)16-32)18-34-19-33-17-23(34)14-28(38)36-11-2-9-30(36)10-12-35(29(30)39)27-4-1-3-21-7-8-24(37)15-25(21)27/h5-8,13,15,17,19,27,37H,1-4,9-12,14,18H2/t27-,30-/m1/s1. The van der Waals surface area contributed by atoms with Crippen molar-refractivity contribution >= 4 is 11.8 Å². The highest BCUT2D eigenvalue weighted by Gasteiger charge is 2.56. The number of aromatic hydroxyl groups is 1. The molecule has 3 heterocycles. The van der Waals surface area contributed by atoms with Crippen molar-refractivity contribution < 1.29 is 19.1 Å². The van der Waals surface area contributed by atoms with Gasteiger partial charge in [-0.3, -0.25) is 9.59 Å². The summed E-state index contributed by atoms with van der Waals surface area (Å²) in [6.45, 7) is 1.44. The van der Waals surface area contributed by atoms with E-state index < -0.39 is 11.4 Å². The molecule has 1 spiro atoms. The molecule has 0 saturated carbocycles. The fraction of sp³-hybridized carbons (Fsp3) is 0.400. The van der Waals surface area contributed by atoms with Crippen molar-refractivity contribution in [3.8, 4) is 11.8 Å². The maximum atomic E-state index is 14.1. The second kappa shape index (κ2) is 9.84. The molecule has 0 bridgehead atoms. The van der Waals surface area contributed by atoms with Crippen molar-refractivity contribution in [3.05, 3.63) is 82.7 Å². The lowest BCUT2D eigenvalue weighted by Crippen LogP contribution is -2.53. The molecular formula is C30H30FN5O3. The molecule has 1 aliphatic carbocycles. The van der Waals surface area contributed by atoms with Crippen molar-refractivity contribution in [2.24, 2.45) is 0 Å². The Labute approximate surface area is 226 Å². The zero-order valence-electron chi connectivity index (χ0n) is 21.6. The number of halogens is 1. The number of imidazole rings is 1. The first kappa shape index (κ1) is 25.1. The number of aromatic nitrogens is 2. The molecule has 2 saturated heterocycles. The lowest BCUT2D eigenvalue weighted by Gasteiger charge is -2.37. The Morgan fingerprint density at radius 2 is 2.05 bits per heavy atom. The number of aryl methyl sites for hydroxylation is 1. The zero-order chi connectivity index (χ0) is 27.1. The van der Waals surface area contributed by atoms with Gasteiger partial charge in [-0.1, -0.05) is 12.1 Å². The van der Waals surface area contributed by atoms with Crippen molar-refractivity contribution in [2.45, 2.75) is 63.1 Å². The van der Waals surface area contributed by atoms with Gasteiger partial charge in [0.25, 0.3) is 0 Å². The predicted octanol–water partition coefficient (Wildman–Crippen LogP) is 3.86. The number of carbonyl (C=O) groups is 2. The number of phenolic OH excluding ortho intramolecular Hbond substituents is 1. The molecule has 2 amide bonds. The molecule has 3 aromatic rings. The Bertz CT molecular complexity index is 1490. The van der Waals surface area contributed by atoms with Crippen LogP contribution in [0.1, 0.15) is 66.1 Å². The third-order valence-corrected chi connectivity index (χ3v) is 8.64. The molecule has 200 valence electrons. The van der Waals surface area contributed by atoms with E-state index in [0.29, 0.717) is 43.7 Å². The van der Waals surface area contributed by atoms with E-state index >= 15 is 0 Å². The van der Waals surface area contributed by atoms with Crippen LogP contribution in [0.5, 0.6) is 5.75 Å². The van der Waals surface area contributed by atoms with Gasteiger partial charge in [-0.2, -0.15) is 5.26 Å². The summed E-state index contributed by atoms with van der Waals surface area (Å²) >= 11 is 0. The van der Waals surface area contributed by atoms with E-state index in [0.717, 1.165) is 31.2 Å². The number of phenols is 1. The van der Waals surface area contributed by atoms with Gasteiger partial charge in [-0.15, -0.1) is 0 Å². The average Bonchev–Trinajstić information content (AvgIpc) is 3.64. The number of amides is 2. The first-order valence-corrected chi connectivity index (χ1v) is 13.5. The van der Waals surface area contributed by atoms with E-state index in [1.807, 2.05) is 17.0 Å². The maximum Gasteiger partial charge on any atom is 0.249 e. The zero-order valence-corrected chi connectivity index (χ0v) is 21.6. The number of fused-ring (bicyclic) bond motifs is 1. The number of likely N-dealkylation sites (tertiary alicyclic amines) is 2. The Morgan fingerprint density at radius 1 is 1.18 bits per heavy atom. The lowest BCUT2D eigenvalue weighted by molar-refractivity contribution is -0.147. The summed E-state index contributed by atoms with van der Waals surface area (Å²) in [7, 11) is 0. The van der Waals surface area contributed by atoms with Gasteiger partial charge in [0.1, 0.15) is 23.2 Å². The number of nitrogens with zero attached hydrogens (tertiary/aromatic N) is 5. The molecule has 8 nitrogen and oxygen atoms in total. The van der Waals surface area contributed by atoms with Gasteiger partial charge < -0.3 is 19.5 Å². The monoisotopic (exact) mass is 527 g/mol. The van der Waals surface area contributed by atoms with E-state index in [1.165, 1.54) is 17.7 Å². The summed E-state index contributed by atoms with van der Waals surface area (Å²) < 4.78 is 15.9. The Kier molecular flexibility index (Phi) is 6.34. The van der Waals surface area contributed by atoms with Gasteiger partial charge in [-0.05, 0) is 79.5 Å². The quantitative estimate of drug-likeness (QED) is 0.543. The molecule has 9 heteroatoms. The van der Waals surface area contributed by atoms with Crippen LogP contribution in [-0.4, -0.2) is 54.9 Å². The molecule has 6 rings (SSSR count). The second-order valence-corrected chi connectivity index (χ2v) is 10.8. The smallest absolute Gasteiger partial charge is 0.249 e. The number of hydrogen-bond acceptors (Lipinski definition) is 5. The van der Waals surface area contributed by atoms with Crippen LogP contribution in [-0.2, 0) is 29.0 Å². The number of carbonyl (C=O) groups excluding carboxylic acids is 2. The number of hydrogen-bond donors (Lipinski definition) is 1. The van der Waals surface area contributed by atoms with Gasteiger partial charge >= 0.3 is 0 Å². The Morgan fingerprint density at radius 3 is 2.87 bits per heavy atom. The molecule has 2 aromatic carbocycles. The van der Waals surface area contributed by atoms with Gasteiger partial charge in [-0.25, -0.2) is 9.37 Å². The van der Waals surface area contributed by atoms with Crippen LogP contribution in [0.4, 0.5) is 4.39 Å². The lowest BCUT2D eigenvalue weighted by atomic mass is 9.86. The number of benzene rings is 2. The first-order chi connectivity index (χ1) is 18.9. The van der Waals surface area contributed by atoms with Crippen molar-refractivity contribution in [3.63, 3.8) is 0 Å². The van der Waals surface area contributed by atoms with Crippen LogP contribution in [0, 0.1) is 17.1 Å². The third kappa shape index (κ3) is 4.34. The summed E-state index contributed by atoms with van der Waals surface area (Å²) in [5, 5.41) is 19.1. The molecule has 1 aromatic heterocycles. The molecule has 2 atom stereocenters. The molecule has 1 N–H and O–H groups in total. The number of rotatable bonds is 5. The minimum atomic E-state index is -0.827. The summed E-state index contributed by atoms with van der Waals surface area (Å²) in [5.74, 6) is -0.472. The largest absolute Gasteiger partial charge is 0.508 e.